The molecule has 0 atom stereocenters. The zero-order valence-corrected chi connectivity index (χ0v) is 20.3. The second kappa shape index (κ2) is 9.44. The first-order valence-electron chi connectivity index (χ1n) is 9.49. The third-order valence-corrected chi connectivity index (χ3v) is 6.70. The lowest BCUT2D eigenvalue weighted by Crippen LogP contribution is -2.45. The number of rotatable bonds is 4. The van der Waals surface area contributed by atoms with Gasteiger partial charge in [0.2, 0.25) is 0 Å². The van der Waals surface area contributed by atoms with Gasteiger partial charge in [-0.25, -0.2) is 9.99 Å². The number of amides is 1. The number of nitrogens with one attached hydrogen (secondary N) is 1. The SMILES string of the molecule is O=C(NN1CCCCC1)c1nc(-c2ccc(Cl)cc2Cl)n(-c2ccc(Cl)cc2)c1I. The van der Waals surface area contributed by atoms with Gasteiger partial charge in [-0.1, -0.05) is 41.2 Å². The van der Waals surface area contributed by atoms with Crippen molar-refractivity contribution in [1.29, 1.82) is 0 Å². The van der Waals surface area contributed by atoms with E-state index in [0.29, 0.717) is 35.9 Å². The van der Waals surface area contributed by atoms with E-state index in [0.717, 1.165) is 31.6 Å². The van der Waals surface area contributed by atoms with Crippen molar-refractivity contribution < 1.29 is 4.79 Å². The first-order valence-corrected chi connectivity index (χ1v) is 11.7. The maximum atomic E-state index is 13.0. The van der Waals surface area contributed by atoms with Crippen LogP contribution in [0.4, 0.5) is 0 Å². The number of halogens is 4. The van der Waals surface area contributed by atoms with Crippen LogP contribution in [-0.4, -0.2) is 33.6 Å². The largest absolute Gasteiger partial charge is 0.287 e. The highest BCUT2D eigenvalue weighted by Gasteiger charge is 2.25. The molecule has 0 radical (unpaired) electrons. The summed E-state index contributed by atoms with van der Waals surface area (Å²) in [7, 11) is 0. The van der Waals surface area contributed by atoms with E-state index >= 15 is 0 Å². The minimum absolute atomic E-state index is 0.236. The van der Waals surface area contributed by atoms with Crippen molar-refractivity contribution in [2.45, 2.75) is 19.3 Å². The Morgan fingerprint density at radius 3 is 2.30 bits per heavy atom. The van der Waals surface area contributed by atoms with Crippen LogP contribution >= 0.6 is 57.4 Å². The number of benzene rings is 2. The molecule has 2 heterocycles. The van der Waals surface area contributed by atoms with E-state index in [1.807, 2.05) is 27.8 Å². The second-order valence-corrected chi connectivity index (χ2v) is 9.30. The van der Waals surface area contributed by atoms with Crippen LogP contribution in [0.15, 0.2) is 42.5 Å². The summed E-state index contributed by atoms with van der Waals surface area (Å²) >= 11 is 20.8. The molecule has 5 nitrogen and oxygen atoms in total. The molecule has 1 aliphatic heterocycles. The molecule has 3 aromatic rings. The van der Waals surface area contributed by atoms with Crippen LogP contribution in [0.2, 0.25) is 15.1 Å². The molecular weight excluding hydrogens is 558 g/mol. The molecule has 2 aromatic carbocycles. The first kappa shape index (κ1) is 21.9. The average molecular weight is 576 g/mol. The zero-order chi connectivity index (χ0) is 21.3. The molecule has 9 heteroatoms. The van der Waals surface area contributed by atoms with E-state index in [9.17, 15) is 4.79 Å². The Morgan fingerprint density at radius 2 is 1.63 bits per heavy atom. The van der Waals surface area contributed by atoms with E-state index in [1.165, 1.54) is 6.42 Å². The number of hydrogen-bond donors (Lipinski definition) is 1. The number of carbonyl (C=O) groups is 1. The molecule has 1 saturated heterocycles. The van der Waals surface area contributed by atoms with Crippen LogP contribution in [0.5, 0.6) is 0 Å². The van der Waals surface area contributed by atoms with Crippen LogP contribution in [0, 0.1) is 3.70 Å². The van der Waals surface area contributed by atoms with Gasteiger partial charge in [-0.15, -0.1) is 0 Å². The molecule has 1 aromatic heterocycles. The predicted molar refractivity (Wildman–Crippen MR) is 130 cm³/mol. The van der Waals surface area contributed by atoms with E-state index in [1.54, 1.807) is 24.3 Å². The Morgan fingerprint density at radius 1 is 0.967 bits per heavy atom. The molecule has 0 spiro atoms. The Kier molecular flexibility index (Phi) is 6.89. The summed E-state index contributed by atoms with van der Waals surface area (Å²) in [5.74, 6) is 0.326. The fourth-order valence-electron chi connectivity index (χ4n) is 3.42. The number of piperidine rings is 1. The maximum absolute atomic E-state index is 13.0. The van der Waals surface area contributed by atoms with Crippen molar-refractivity contribution in [3.05, 3.63) is 66.9 Å². The van der Waals surface area contributed by atoms with Crippen LogP contribution in [-0.2, 0) is 0 Å². The number of imidazole rings is 1. The van der Waals surface area contributed by atoms with Gasteiger partial charge >= 0.3 is 0 Å². The van der Waals surface area contributed by atoms with Gasteiger partial charge < -0.3 is 0 Å². The molecule has 0 aliphatic carbocycles. The van der Waals surface area contributed by atoms with Crippen LogP contribution in [0.1, 0.15) is 29.8 Å². The highest BCUT2D eigenvalue weighted by atomic mass is 127. The van der Waals surface area contributed by atoms with E-state index in [-0.39, 0.29) is 5.91 Å². The smallest absolute Gasteiger partial charge is 0.286 e. The molecule has 0 saturated carbocycles. The van der Waals surface area contributed by atoms with Crippen molar-refractivity contribution in [2.24, 2.45) is 0 Å². The summed E-state index contributed by atoms with van der Waals surface area (Å²) < 4.78 is 2.59. The zero-order valence-electron chi connectivity index (χ0n) is 15.8. The molecule has 156 valence electrons. The lowest BCUT2D eigenvalue weighted by molar-refractivity contribution is 0.0744. The third-order valence-electron chi connectivity index (χ3n) is 4.91. The predicted octanol–water partition coefficient (Wildman–Crippen LogP) is 6.23. The van der Waals surface area contributed by atoms with Gasteiger partial charge in [0.05, 0.1) is 5.02 Å². The minimum atomic E-state index is -0.236. The molecule has 0 unspecified atom stereocenters. The van der Waals surface area contributed by atoms with Gasteiger partial charge in [-0.3, -0.25) is 14.8 Å². The summed E-state index contributed by atoms with van der Waals surface area (Å²) in [5, 5.41) is 3.58. The maximum Gasteiger partial charge on any atom is 0.286 e. The summed E-state index contributed by atoms with van der Waals surface area (Å²) in [6, 6.07) is 12.6. The number of hydrazine groups is 1. The Labute approximate surface area is 203 Å². The standard InChI is InChI=1S/C21H18Cl3IN4O/c22-13-4-7-15(8-5-13)29-19(25)18(21(30)27-28-10-2-1-3-11-28)26-20(29)16-9-6-14(23)12-17(16)24/h4-9,12H,1-3,10-11H2,(H,27,30). The molecule has 1 amide bonds. The monoisotopic (exact) mass is 574 g/mol. The van der Waals surface area contributed by atoms with Gasteiger partial charge in [0.15, 0.2) is 5.69 Å². The summed E-state index contributed by atoms with van der Waals surface area (Å²) in [4.78, 5) is 17.7. The van der Waals surface area contributed by atoms with Crippen molar-refractivity contribution in [2.75, 3.05) is 13.1 Å². The van der Waals surface area contributed by atoms with Gasteiger partial charge in [0.1, 0.15) is 9.53 Å². The quantitative estimate of drug-likeness (QED) is 0.375. The number of carbonyl (C=O) groups excluding carboxylic acids is 1. The molecule has 30 heavy (non-hydrogen) atoms. The second-order valence-electron chi connectivity index (χ2n) is 7.00. The van der Waals surface area contributed by atoms with Crippen molar-refractivity contribution in [3.63, 3.8) is 0 Å². The molecule has 1 N–H and O–H groups in total. The van der Waals surface area contributed by atoms with Crippen LogP contribution < -0.4 is 5.43 Å². The Bertz CT molecular complexity index is 1080. The van der Waals surface area contributed by atoms with Gasteiger partial charge in [-0.05, 0) is 77.9 Å². The number of nitrogens with zero attached hydrogens (tertiary/aromatic N) is 3. The third kappa shape index (κ3) is 4.62. The normalized spacial score (nSPS) is 14.7. The van der Waals surface area contributed by atoms with E-state index < -0.39 is 0 Å². The van der Waals surface area contributed by atoms with Gasteiger partial charge in [-0.2, -0.15) is 0 Å². The lowest BCUT2D eigenvalue weighted by Gasteiger charge is -2.26. The molecule has 1 aliphatic rings. The number of aromatic nitrogens is 2. The minimum Gasteiger partial charge on any atom is -0.287 e. The Balaban J connectivity index is 1.80. The van der Waals surface area contributed by atoms with E-state index in [4.69, 9.17) is 39.8 Å². The fraction of sp³-hybridized carbons (Fsp3) is 0.238. The van der Waals surface area contributed by atoms with Gasteiger partial charge in [0.25, 0.3) is 5.91 Å². The van der Waals surface area contributed by atoms with Gasteiger partial charge in [0, 0.05) is 34.4 Å². The van der Waals surface area contributed by atoms with Crippen molar-refractivity contribution in [3.8, 4) is 17.1 Å². The first-order chi connectivity index (χ1) is 14.4. The van der Waals surface area contributed by atoms with Crippen molar-refractivity contribution >= 4 is 63.3 Å². The van der Waals surface area contributed by atoms with E-state index in [2.05, 4.69) is 28.0 Å². The van der Waals surface area contributed by atoms with Crippen molar-refractivity contribution in [1.82, 2.24) is 20.0 Å². The number of hydrogen-bond acceptors (Lipinski definition) is 3. The Hall–Kier alpha value is -1.32. The molecular formula is C21H18Cl3IN4O. The highest BCUT2D eigenvalue weighted by Crippen LogP contribution is 2.34. The summed E-state index contributed by atoms with van der Waals surface area (Å²) in [6.07, 6.45) is 3.33. The van der Waals surface area contributed by atoms with Crippen LogP contribution in [0.3, 0.4) is 0 Å². The molecule has 1 fully saturated rings. The highest BCUT2D eigenvalue weighted by molar-refractivity contribution is 14.1. The van der Waals surface area contributed by atoms with Crippen LogP contribution in [0.25, 0.3) is 17.1 Å². The lowest BCUT2D eigenvalue weighted by atomic mass is 10.2. The summed E-state index contributed by atoms with van der Waals surface area (Å²) in [5.41, 5.74) is 4.85. The molecule has 0 bridgehead atoms. The summed E-state index contributed by atoms with van der Waals surface area (Å²) in [6.45, 7) is 1.69. The molecule has 4 rings (SSSR count). The average Bonchev–Trinajstić information content (AvgIpc) is 3.06. The topological polar surface area (TPSA) is 50.2 Å². The fourth-order valence-corrected chi connectivity index (χ4v) is 4.92.